The van der Waals surface area contributed by atoms with Crippen LogP contribution < -0.4 is 5.73 Å². The van der Waals surface area contributed by atoms with Gasteiger partial charge in [0.05, 0.1) is 18.8 Å². The molecule has 1 saturated heterocycles. The van der Waals surface area contributed by atoms with Crippen molar-refractivity contribution in [3.63, 3.8) is 0 Å². The molecular weight excluding hydrogens is 280 g/mol. The molecule has 114 valence electrons. The number of aromatic nitrogens is 2. The maximum Gasteiger partial charge on any atom is 0.246 e. The highest BCUT2D eigenvalue weighted by Gasteiger charge is 2.26. The summed E-state index contributed by atoms with van der Waals surface area (Å²) in [5.41, 5.74) is 5.43. The molecule has 1 aliphatic heterocycles. The topological polar surface area (TPSA) is 90.5 Å². The van der Waals surface area contributed by atoms with Crippen molar-refractivity contribution < 1.29 is 13.2 Å². The van der Waals surface area contributed by atoms with Crippen LogP contribution in [0.3, 0.4) is 0 Å². The van der Waals surface area contributed by atoms with E-state index in [1.165, 1.54) is 21.4 Å². The van der Waals surface area contributed by atoms with E-state index in [9.17, 15) is 8.42 Å². The number of sulfonamides is 1. The summed E-state index contributed by atoms with van der Waals surface area (Å²) >= 11 is 0. The molecule has 0 saturated carbocycles. The van der Waals surface area contributed by atoms with Gasteiger partial charge in [0.1, 0.15) is 4.90 Å². The van der Waals surface area contributed by atoms with Crippen LogP contribution in [-0.4, -0.2) is 55.4 Å². The third-order valence-corrected chi connectivity index (χ3v) is 5.19. The van der Waals surface area contributed by atoms with Gasteiger partial charge >= 0.3 is 0 Å². The van der Waals surface area contributed by atoms with Crippen LogP contribution in [-0.2, 0) is 21.3 Å². The van der Waals surface area contributed by atoms with Crippen LogP contribution in [0.15, 0.2) is 17.3 Å². The van der Waals surface area contributed by atoms with Gasteiger partial charge in [-0.2, -0.15) is 9.40 Å². The lowest BCUT2D eigenvalue weighted by molar-refractivity contribution is 0.00858. The zero-order chi connectivity index (χ0) is 14.6. The highest BCUT2D eigenvalue weighted by atomic mass is 32.2. The molecule has 0 aromatic carbocycles. The Morgan fingerprint density at radius 1 is 1.55 bits per heavy atom. The smallest absolute Gasteiger partial charge is 0.246 e. The summed E-state index contributed by atoms with van der Waals surface area (Å²) in [4.78, 5) is 0.198. The molecule has 7 nitrogen and oxygen atoms in total. The van der Waals surface area contributed by atoms with Crippen LogP contribution in [0.25, 0.3) is 0 Å². The Hall–Kier alpha value is -0.960. The summed E-state index contributed by atoms with van der Waals surface area (Å²) in [5.74, 6) is 0. The lowest BCUT2D eigenvalue weighted by Crippen LogP contribution is -2.37. The van der Waals surface area contributed by atoms with Gasteiger partial charge in [-0.3, -0.25) is 4.68 Å². The predicted octanol–water partition coefficient (Wildman–Crippen LogP) is 0.0314. The Balaban J connectivity index is 2.03. The van der Waals surface area contributed by atoms with E-state index in [1.54, 1.807) is 7.05 Å². The average Bonchev–Trinajstić information content (AvgIpc) is 2.89. The first-order chi connectivity index (χ1) is 9.54. The van der Waals surface area contributed by atoms with E-state index < -0.39 is 10.0 Å². The quantitative estimate of drug-likeness (QED) is 0.800. The fourth-order valence-electron chi connectivity index (χ4n) is 2.25. The Labute approximate surface area is 119 Å². The van der Waals surface area contributed by atoms with Crippen molar-refractivity contribution in [2.24, 2.45) is 5.73 Å². The predicted molar refractivity (Wildman–Crippen MR) is 74.7 cm³/mol. The third-order valence-electron chi connectivity index (χ3n) is 3.41. The molecule has 1 fully saturated rings. The Kier molecular flexibility index (Phi) is 5.14. The normalized spacial score (nSPS) is 20.4. The molecule has 1 aliphatic rings. The van der Waals surface area contributed by atoms with Gasteiger partial charge in [0, 0.05) is 32.9 Å². The lowest BCUT2D eigenvalue weighted by Gasteiger charge is -2.26. The second-order valence-corrected chi connectivity index (χ2v) is 7.05. The van der Waals surface area contributed by atoms with Crippen molar-refractivity contribution in [3.8, 4) is 0 Å². The van der Waals surface area contributed by atoms with E-state index in [1.807, 2.05) is 0 Å². The molecule has 1 atom stereocenters. The Morgan fingerprint density at radius 3 is 3.00 bits per heavy atom. The van der Waals surface area contributed by atoms with Crippen LogP contribution in [0.5, 0.6) is 0 Å². The van der Waals surface area contributed by atoms with Gasteiger partial charge in [-0.1, -0.05) is 0 Å². The van der Waals surface area contributed by atoms with Gasteiger partial charge in [0.15, 0.2) is 0 Å². The van der Waals surface area contributed by atoms with Crippen molar-refractivity contribution >= 4 is 10.0 Å². The van der Waals surface area contributed by atoms with Gasteiger partial charge in [0.25, 0.3) is 0 Å². The van der Waals surface area contributed by atoms with Gasteiger partial charge in [-0.15, -0.1) is 0 Å². The van der Waals surface area contributed by atoms with Crippen LogP contribution in [0, 0.1) is 0 Å². The molecule has 0 spiro atoms. The summed E-state index contributed by atoms with van der Waals surface area (Å²) in [6, 6.07) is 0. The Morgan fingerprint density at radius 2 is 2.35 bits per heavy atom. The SMILES string of the molecule is CN(CC1CCCCO1)S(=O)(=O)c1cnn(CCN)c1. The largest absolute Gasteiger partial charge is 0.377 e. The molecule has 0 radical (unpaired) electrons. The van der Waals surface area contributed by atoms with Crippen LogP contribution in [0.1, 0.15) is 19.3 Å². The van der Waals surface area contributed by atoms with Crippen molar-refractivity contribution in [2.45, 2.75) is 36.8 Å². The first-order valence-corrected chi connectivity index (χ1v) is 8.28. The van der Waals surface area contributed by atoms with E-state index in [4.69, 9.17) is 10.5 Å². The molecule has 0 amide bonds. The van der Waals surface area contributed by atoms with Crippen molar-refractivity contribution in [1.82, 2.24) is 14.1 Å². The monoisotopic (exact) mass is 302 g/mol. The molecule has 8 heteroatoms. The van der Waals surface area contributed by atoms with Crippen molar-refractivity contribution in [1.29, 1.82) is 0 Å². The molecule has 2 N–H and O–H groups in total. The fourth-order valence-corrected chi connectivity index (χ4v) is 3.41. The number of rotatable bonds is 6. The van der Waals surface area contributed by atoms with Crippen molar-refractivity contribution in [2.75, 3.05) is 26.7 Å². The first-order valence-electron chi connectivity index (χ1n) is 6.84. The minimum atomic E-state index is -3.51. The van der Waals surface area contributed by atoms with Gasteiger partial charge in [0.2, 0.25) is 10.0 Å². The molecular formula is C12H22N4O3S. The van der Waals surface area contributed by atoms with Crippen LogP contribution >= 0.6 is 0 Å². The highest BCUT2D eigenvalue weighted by Crippen LogP contribution is 2.18. The van der Waals surface area contributed by atoms with E-state index >= 15 is 0 Å². The van der Waals surface area contributed by atoms with Crippen LogP contribution in [0.2, 0.25) is 0 Å². The molecule has 2 rings (SSSR count). The Bertz CT molecular complexity index is 523. The molecule has 0 bridgehead atoms. The van der Waals surface area contributed by atoms with E-state index in [2.05, 4.69) is 5.10 Å². The molecule has 1 unspecified atom stereocenters. The third kappa shape index (κ3) is 3.57. The maximum absolute atomic E-state index is 12.4. The van der Waals surface area contributed by atoms with E-state index in [0.717, 1.165) is 19.3 Å². The second kappa shape index (κ2) is 6.66. The zero-order valence-electron chi connectivity index (χ0n) is 11.7. The van der Waals surface area contributed by atoms with Gasteiger partial charge in [-0.05, 0) is 19.3 Å². The molecule has 1 aromatic heterocycles. The number of likely N-dealkylation sites (N-methyl/N-ethyl adjacent to an activating group) is 1. The first kappa shape index (κ1) is 15.4. The number of hydrogen-bond donors (Lipinski definition) is 1. The van der Waals surface area contributed by atoms with Crippen LogP contribution in [0.4, 0.5) is 0 Å². The van der Waals surface area contributed by atoms with Gasteiger partial charge in [-0.25, -0.2) is 8.42 Å². The number of hydrogen-bond acceptors (Lipinski definition) is 5. The number of nitrogens with zero attached hydrogens (tertiary/aromatic N) is 3. The summed E-state index contributed by atoms with van der Waals surface area (Å²) in [5, 5.41) is 4.00. The zero-order valence-corrected chi connectivity index (χ0v) is 12.6. The molecule has 20 heavy (non-hydrogen) atoms. The van der Waals surface area contributed by atoms with E-state index in [0.29, 0.717) is 26.2 Å². The fraction of sp³-hybridized carbons (Fsp3) is 0.750. The highest BCUT2D eigenvalue weighted by molar-refractivity contribution is 7.89. The van der Waals surface area contributed by atoms with Crippen molar-refractivity contribution in [3.05, 3.63) is 12.4 Å². The maximum atomic E-state index is 12.4. The minimum absolute atomic E-state index is 0.0115. The minimum Gasteiger partial charge on any atom is -0.377 e. The lowest BCUT2D eigenvalue weighted by atomic mass is 10.1. The van der Waals surface area contributed by atoms with Gasteiger partial charge < -0.3 is 10.5 Å². The summed E-state index contributed by atoms with van der Waals surface area (Å²) in [6.45, 7) is 2.02. The summed E-state index contributed by atoms with van der Waals surface area (Å²) in [6.07, 6.45) is 5.92. The molecule has 1 aromatic rings. The van der Waals surface area contributed by atoms with E-state index in [-0.39, 0.29) is 11.0 Å². The molecule has 0 aliphatic carbocycles. The average molecular weight is 302 g/mol. The summed E-state index contributed by atoms with van der Waals surface area (Å²) in [7, 11) is -1.93. The number of ether oxygens (including phenoxy) is 1. The number of nitrogens with two attached hydrogens (primary N) is 1. The second-order valence-electron chi connectivity index (χ2n) is 5.00. The standard InChI is InChI=1S/C12H22N4O3S/c1-15(9-11-4-2-3-7-19-11)20(17,18)12-8-14-16(10-12)6-5-13/h8,10-11H,2-7,9,13H2,1H3. The molecule has 2 heterocycles. The summed E-state index contributed by atoms with van der Waals surface area (Å²) < 4.78 is 33.3.